The molecule has 0 radical (unpaired) electrons. The molecule has 9 heteroatoms. The molecule has 0 saturated heterocycles. The van der Waals surface area contributed by atoms with Gasteiger partial charge in [-0.2, -0.15) is 10.2 Å². The van der Waals surface area contributed by atoms with Crippen LogP contribution in [0.1, 0.15) is 5.56 Å². The lowest BCUT2D eigenvalue weighted by Crippen LogP contribution is -2.20. The fourth-order valence-electron chi connectivity index (χ4n) is 2.97. The van der Waals surface area contributed by atoms with E-state index in [1.165, 1.54) is 34.9 Å². The molecule has 0 saturated carbocycles. The van der Waals surface area contributed by atoms with Gasteiger partial charge in [0, 0.05) is 16.9 Å². The van der Waals surface area contributed by atoms with Crippen molar-refractivity contribution in [1.82, 2.24) is 9.38 Å². The fraction of sp³-hybridized carbons (Fsp3) is 0. The predicted molar refractivity (Wildman–Crippen MR) is 122 cm³/mol. The summed E-state index contributed by atoms with van der Waals surface area (Å²) in [6, 6.07) is 18.6. The number of amides is 1. The smallest absolute Gasteiger partial charge is 0.269 e. The lowest BCUT2D eigenvalue weighted by Gasteiger charge is -2.11. The number of nitrogens with one attached hydrogen (secondary N) is 1. The number of aromatic nitrogens is 2. The molecule has 0 aliphatic carbocycles. The third-order valence-electron chi connectivity index (χ3n) is 4.51. The highest BCUT2D eigenvalue weighted by Crippen LogP contribution is 2.26. The van der Waals surface area contributed by atoms with E-state index in [2.05, 4.69) is 10.3 Å². The van der Waals surface area contributed by atoms with Crippen LogP contribution in [0.5, 0.6) is 11.6 Å². The van der Waals surface area contributed by atoms with Crippen molar-refractivity contribution in [3.63, 3.8) is 0 Å². The van der Waals surface area contributed by atoms with Gasteiger partial charge in [0.25, 0.3) is 11.5 Å². The van der Waals surface area contributed by atoms with Gasteiger partial charge in [0.1, 0.15) is 22.9 Å². The average Bonchev–Trinajstić information content (AvgIpc) is 2.80. The van der Waals surface area contributed by atoms with Crippen molar-refractivity contribution in [2.75, 3.05) is 5.32 Å². The van der Waals surface area contributed by atoms with Gasteiger partial charge in [-0.15, -0.1) is 0 Å². The third-order valence-corrected chi connectivity index (χ3v) is 4.75. The Labute approximate surface area is 192 Å². The Hall–Kier alpha value is -4.48. The number of hydrogen-bond donors (Lipinski definition) is 1. The van der Waals surface area contributed by atoms with Gasteiger partial charge in [-0.3, -0.25) is 14.0 Å². The first-order valence-corrected chi connectivity index (χ1v) is 9.96. The lowest BCUT2D eigenvalue weighted by atomic mass is 10.1. The van der Waals surface area contributed by atoms with E-state index >= 15 is 0 Å². The zero-order valence-electron chi connectivity index (χ0n) is 16.8. The van der Waals surface area contributed by atoms with Gasteiger partial charge in [0.2, 0.25) is 5.88 Å². The minimum atomic E-state index is -0.769. The molecule has 0 atom stereocenters. The van der Waals surface area contributed by atoms with E-state index in [-0.39, 0.29) is 28.4 Å². The molecule has 0 bridgehead atoms. The van der Waals surface area contributed by atoms with Crippen LogP contribution in [0.15, 0.2) is 83.3 Å². The molecule has 0 spiro atoms. The summed E-state index contributed by atoms with van der Waals surface area (Å²) >= 11 is 5.93. The fourth-order valence-corrected chi connectivity index (χ4v) is 3.16. The molecule has 2 heterocycles. The summed E-state index contributed by atoms with van der Waals surface area (Å²) in [5, 5.41) is 12.5. The second-order valence-electron chi connectivity index (χ2n) is 6.73. The van der Waals surface area contributed by atoms with Gasteiger partial charge in [0.15, 0.2) is 11.6 Å². The van der Waals surface area contributed by atoms with Gasteiger partial charge in [0.05, 0.1) is 0 Å². The van der Waals surface area contributed by atoms with Crippen LogP contribution in [-0.4, -0.2) is 15.3 Å². The molecule has 0 aliphatic rings. The van der Waals surface area contributed by atoms with Gasteiger partial charge < -0.3 is 10.1 Å². The molecule has 4 aromatic rings. The number of ether oxygens (including phenoxy) is 1. The second kappa shape index (κ2) is 9.34. The van der Waals surface area contributed by atoms with E-state index in [4.69, 9.17) is 16.3 Å². The van der Waals surface area contributed by atoms with Crippen molar-refractivity contribution in [1.29, 1.82) is 5.26 Å². The number of pyridine rings is 1. The van der Waals surface area contributed by atoms with Gasteiger partial charge in [-0.1, -0.05) is 35.9 Å². The van der Waals surface area contributed by atoms with E-state index < -0.39 is 17.3 Å². The highest BCUT2D eigenvalue weighted by Gasteiger charge is 2.18. The van der Waals surface area contributed by atoms with Crippen LogP contribution in [0.4, 0.5) is 10.1 Å². The van der Waals surface area contributed by atoms with E-state index in [0.29, 0.717) is 10.7 Å². The first-order valence-electron chi connectivity index (χ1n) is 9.59. The molecule has 4 rings (SSSR count). The van der Waals surface area contributed by atoms with Crippen molar-refractivity contribution in [2.45, 2.75) is 0 Å². The number of nitriles is 1. The lowest BCUT2D eigenvalue weighted by molar-refractivity contribution is -0.112. The van der Waals surface area contributed by atoms with Crippen LogP contribution in [0, 0.1) is 17.1 Å². The summed E-state index contributed by atoms with van der Waals surface area (Å²) in [7, 11) is 0. The summed E-state index contributed by atoms with van der Waals surface area (Å²) in [5.41, 5.74) is -0.573. The van der Waals surface area contributed by atoms with Crippen molar-refractivity contribution in [3.8, 4) is 17.7 Å². The maximum Gasteiger partial charge on any atom is 0.269 e. The number of fused-ring (bicyclic) bond motifs is 1. The molecule has 2 aromatic carbocycles. The Morgan fingerprint density at radius 1 is 1.15 bits per heavy atom. The maximum atomic E-state index is 14.2. The van der Waals surface area contributed by atoms with Crippen LogP contribution in [0.25, 0.3) is 11.7 Å². The summed E-state index contributed by atoms with van der Waals surface area (Å²) < 4.78 is 21.0. The topological polar surface area (TPSA) is 96.5 Å². The third kappa shape index (κ3) is 4.74. The number of nitrogens with zero attached hydrogens (tertiary/aromatic N) is 3. The van der Waals surface area contributed by atoms with Crippen LogP contribution in [-0.2, 0) is 4.79 Å². The molecule has 2 aromatic heterocycles. The molecule has 0 unspecified atom stereocenters. The number of halogens is 2. The minimum Gasteiger partial charge on any atom is -0.435 e. The van der Waals surface area contributed by atoms with Crippen LogP contribution >= 0.6 is 11.6 Å². The summed E-state index contributed by atoms with van der Waals surface area (Å²) in [6.07, 6.45) is 2.54. The number of anilines is 1. The van der Waals surface area contributed by atoms with Gasteiger partial charge >= 0.3 is 0 Å². The number of rotatable bonds is 5. The Kier molecular flexibility index (Phi) is 6.15. The highest BCUT2D eigenvalue weighted by molar-refractivity contribution is 6.31. The minimum absolute atomic E-state index is 0.166. The number of para-hydroxylation sites is 1. The molecule has 0 aliphatic heterocycles. The molecular formula is C24H14ClFN4O3. The normalized spacial score (nSPS) is 11.1. The second-order valence-corrected chi connectivity index (χ2v) is 7.17. The van der Waals surface area contributed by atoms with Crippen LogP contribution in [0.2, 0.25) is 5.02 Å². The number of hydrogen-bond acceptors (Lipinski definition) is 5. The zero-order valence-corrected chi connectivity index (χ0v) is 17.6. The predicted octanol–water partition coefficient (Wildman–Crippen LogP) is 4.82. The molecular weight excluding hydrogens is 447 g/mol. The first-order chi connectivity index (χ1) is 16.0. The Balaban J connectivity index is 1.82. The Bertz CT molecular complexity index is 1510. The maximum absolute atomic E-state index is 14.2. The molecule has 33 heavy (non-hydrogen) atoms. The van der Waals surface area contributed by atoms with E-state index in [9.17, 15) is 19.2 Å². The Morgan fingerprint density at radius 3 is 2.70 bits per heavy atom. The molecule has 0 fully saturated rings. The largest absolute Gasteiger partial charge is 0.435 e. The standard InChI is InChI=1S/C24H14ClFN4O3/c25-16-6-5-7-17(13-16)28-22(31)15(14-27)12-18-23(33-20-9-2-1-8-19(20)26)29-21-10-3-4-11-30(21)24(18)32/h1-13H,(H,28,31)/b15-12-. The number of carbonyl (C=O) groups excluding carboxylic acids is 1. The van der Waals surface area contributed by atoms with Gasteiger partial charge in [-0.25, -0.2) is 4.39 Å². The van der Waals surface area contributed by atoms with Crippen LogP contribution < -0.4 is 15.6 Å². The quantitative estimate of drug-likeness (QED) is 0.340. The van der Waals surface area contributed by atoms with Crippen LogP contribution in [0.3, 0.4) is 0 Å². The average molecular weight is 461 g/mol. The molecule has 1 amide bonds. The zero-order chi connectivity index (χ0) is 23.4. The molecule has 7 nitrogen and oxygen atoms in total. The van der Waals surface area contributed by atoms with E-state index in [0.717, 1.165) is 6.08 Å². The molecule has 1 N–H and O–H groups in total. The first kappa shape index (κ1) is 21.7. The van der Waals surface area contributed by atoms with Crippen molar-refractivity contribution in [2.24, 2.45) is 0 Å². The SMILES string of the molecule is N#C/C(=C/c1c(Oc2ccccc2F)nc2ccccn2c1=O)C(=O)Nc1cccc(Cl)c1. The van der Waals surface area contributed by atoms with E-state index in [1.807, 2.05) is 0 Å². The summed E-state index contributed by atoms with van der Waals surface area (Å²) in [4.78, 5) is 30.1. The van der Waals surface area contributed by atoms with E-state index in [1.54, 1.807) is 48.5 Å². The highest BCUT2D eigenvalue weighted by atomic mass is 35.5. The van der Waals surface area contributed by atoms with Gasteiger partial charge in [-0.05, 0) is 48.5 Å². The van der Waals surface area contributed by atoms with Crippen molar-refractivity contribution < 1.29 is 13.9 Å². The summed E-state index contributed by atoms with van der Waals surface area (Å²) in [5.74, 6) is -1.85. The van der Waals surface area contributed by atoms with Crippen molar-refractivity contribution >= 4 is 34.9 Å². The Morgan fingerprint density at radius 2 is 1.94 bits per heavy atom. The van der Waals surface area contributed by atoms with Crippen molar-refractivity contribution in [3.05, 3.63) is 105 Å². The number of carbonyl (C=O) groups is 1. The molecule has 162 valence electrons. The monoisotopic (exact) mass is 460 g/mol. The number of benzene rings is 2. The summed E-state index contributed by atoms with van der Waals surface area (Å²) in [6.45, 7) is 0.